The van der Waals surface area contributed by atoms with Crippen molar-refractivity contribution in [3.63, 3.8) is 0 Å². The third-order valence-electron chi connectivity index (χ3n) is 5.62. The molecule has 0 aliphatic carbocycles. The summed E-state index contributed by atoms with van der Waals surface area (Å²) in [6.45, 7) is 1.82. The van der Waals surface area contributed by atoms with E-state index in [2.05, 4.69) is 17.3 Å². The predicted octanol–water partition coefficient (Wildman–Crippen LogP) is 1.99. The minimum Gasteiger partial charge on any atom is -0.476 e. The van der Waals surface area contributed by atoms with Gasteiger partial charge in [0.05, 0.1) is 18.0 Å². The van der Waals surface area contributed by atoms with Crippen molar-refractivity contribution in [1.29, 1.82) is 0 Å². The molecular weight excluding hydrogens is 402 g/mol. The largest absolute Gasteiger partial charge is 0.476 e. The summed E-state index contributed by atoms with van der Waals surface area (Å²) in [6.07, 6.45) is 0.869. The lowest BCUT2D eigenvalue weighted by Crippen LogP contribution is -2.54. The summed E-state index contributed by atoms with van der Waals surface area (Å²) in [6, 6.07) is 16.1. The Labute approximate surface area is 177 Å². The molecule has 0 bridgehead atoms. The molecule has 1 atom stereocenters. The normalized spacial score (nSPS) is 20.3. The molecule has 30 heavy (non-hydrogen) atoms. The molecule has 2 aliphatic heterocycles. The number of rotatable bonds is 5. The zero-order valence-electron chi connectivity index (χ0n) is 17.0. The number of hydrogen-bond donors (Lipinski definition) is 1. The maximum absolute atomic E-state index is 13.2. The second-order valence-electron chi connectivity index (χ2n) is 7.93. The van der Waals surface area contributed by atoms with Gasteiger partial charge in [-0.15, -0.1) is 0 Å². The Bertz CT molecular complexity index is 988. The third kappa shape index (κ3) is 4.60. The fourth-order valence-electron chi connectivity index (χ4n) is 3.91. The summed E-state index contributed by atoms with van der Waals surface area (Å²) in [5, 5.41) is 3.05. The van der Waals surface area contributed by atoms with E-state index in [4.69, 9.17) is 4.74 Å². The molecular formula is C22H27N3O4S. The smallest absolute Gasteiger partial charge is 0.263 e. The van der Waals surface area contributed by atoms with Crippen molar-refractivity contribution in [2.45, 2.75) is 30.7 Å². The van der Waals surface area contributed by atoms with Gasteiger partial charge in [0.1, 0.15) is 5.75 Å². The van der Waals surface area contributed by atoms with E-state index in [0.717, 1.165) is 25.9 Å². The number of nitrogens with one attached hydrogen (secondary N) is 1. The van der Waals surface area contributed by atoms with Gasteiger partial charge in [0.2, 0.25) is 10.0 Å². The van der Waals surface area contributed by atoms with Gasteiger partial charge in [-0.05, 0) is 50.7 Å². The molecule has 160 valence electrons. The number of ether oxygens (including phenoxy) is 1. The van der Waals surface area contributed by atoms with E-state index in [1.165, 1.54) is 4.31 Å². The first-order valence-corrected chi connectivity index (χ1v) is 11.8. The molecule has 1 N–H and O–H groups in total. The number of anilines is 1. The Morgan fingerprint density at radius 1 is 1.07 bits per heavy atom. The maximum Gasteiger partial charge on any atom is 0.263 e. The van der Waals surface area contributed by atoms with Gasteiger partial charge < -0.3 is 15.0 Å². The number of carbonyl (C=O) groups is 1. The number of sulfonamides is 1. The van der Waals surface area contributed by atoms with Crippen LogP contribution in [-0.4, -0.2) is 58.1 Å². The van der Waals surface area contributed by atoms with Crippen LogP contribution in [0, 0.1) is 0 Å². The predicted molar refractivity (Wildman–Crippen MR) is 116 cm³/mol. The van der Waals surface area contributed by atoms with Gasteiger partial charge in [0.25, 0.3) is 5.91 Å². The van der Waals surface area contributed by atoms with Crippen molar-refractivity contribution in [2.75, 3.05) is 31.0 Å². The Morgan fingerprint density at radius 3 is 2.47 bits per heavy atom. The van der Waals surface area contributed by atoms with Gasteiger partial charge in [-0.25, -0.2) is 8.42 Å². The van der Waals surface area contributed by atoms with Crippen molar-refractivity contribution < 1.29 is 17.9 Å². The molecule has 8 heteroatoms. The van der Waals surface area contributed by atoms with Crippen LogP contribution in [0.15, 0.2) is 54.6 Å². The molecule has 2 heterocycles. The van der Waals surface area contributed by atoms with Gasteiger partial charge in [-0.1, -0.05) is 42.5 Å². The summed E-state index contributed by atoms with van der Waals surface area (Å²) < 4.78 is 33.7. The first-order valence-electron chi connectivity index (χ1n) is 10.2. The Kier molecular flexibility index (Phi) is 5.97. The highest BCUT2D eigenvalue weighted by molar-refractivity contribution is 7.92. The zero-order chi connectivity index (χ0) is 21.1. The second kappa shape index (κ2) is 8.65. The number of carbonyl (C=O) groups excluding carboxylic acids is 1. The molecule has 1 unspecified atom stereocenters. The standard InChI is InChI=1S/C22H27N3O4S/c1-24-13-11-18(12-14-24)23-22(26)21-15-25(19-9-5-6-10-20(19)29-21)30(27,28)16-17-7-3-2-4-8-17/h2-10,18,21H,11-16H2,1H3,(H,23,26). The number of amides is 1. The lowest BCUT2D eigenvalue weighted by Gasteiger charge is -2.36. The highest BCUT2D eigenvalue weighted by Crippen LogP contribution is 2.35. The van der Waals surface area contributed by atoms with Crippen LogP contribution in [0.1, 0.15) is 18.4 Å². The average Bonchev–Trinajstić information content (AvgIpc) is 2.75. The Hall–Kier alpha value is -2.58. The van der Waals surface area contributed by atoms with Crippen molar-refractivity contribution in [3.05, 3.63) is 60.2 Å². The zero-order valence-corrected chi connectivity index (χ0v) is 17.8. The van der Waals surface area contributed by atoms with E-state index in [9.17, 15) is 13.2 Å². The molecule has 2 aromatic carbocycles. The minimum absolute atomic E-state index is 0.0371. The van der Waals surface area contributed by atoms with Crippen LogP contribution in [0.4, 0.5) is 5.69 Å². The van der Waals surface area contributed by atoms with Gasteiger partial charge in [0.15, 0.2) is 6.10 Å². The maximum atomic E-state index is 13.2. The summed E-state index contributed by atoms with van der Waals surface area (Å²) in [4.78, 5) is 15.1. The van der Waals surface area contributed by atoms with Crippen LogP contribution in [0.2, 0.25) is 0 Å². The van der Waals surface area contributed by atoms with Crippen LogP contribution in [0.3, 0.4) is 0 Å². The molecule has 4 rings (SSSR count). The van der Waals surface area contributed by atoms with Crippen LogP contribution in [0.5, 0.6) is 5.75 Å². The van der Waals surface area contributed by atoms with E-state index in [-0.39, 0.29) is 24.2 Å². The Balaban J connectivity index is 1.54. The lowest BCUT2D eigenvalue weighted by molar-refractivity contribution is -0.128. The van der Waals surface area contributed by atoms with Crippen LogP contribution < -0.4 is 14.4 Å². The number of nitrogens with zero attached hydrogens (tertiary/aromatic N) is 2. The number of para-hydroxylation sites is 2. The molecule has 2 aliphatic rings. The van der Waals surface area contributed by atoms with Crippen molar-refractivity contribution >= 4 is 21.6 Å². The van der Waals surface area contributed by atoms with E-state index >= 15 is 0 Å². The van der Waals surface area contributed by atoms with Gasteiger partial charge in [-0.3, -0.25) is 9.10 Å². The Morgan fingerprint density at radius 2 is 1.73 bits per heavy atom. The van der Waals surface area contributed by atoms with Crippen LogP contribution >= 0.6 is 0 Å². The van der Waals surface area contributed by atoms with Gasteiger partial charge >= 0.3 is 0 Å². The fourth-order valence-corrected chi connectivity index (χ4v) is 5.49. The fraction of sp³-hybridized carbons (Fsp3) is 0.409. The molecule has 2 aromatic rings. The molecule has 0 spiro atoms. The van der Waals surface area contributed by atoms with E-state index in [1.54, 1.807) is 36.4 Å². The second-order valence-corrected chi connectivity index (χ2v) is 9.83. The number of likely N-dealkylation sites (tertiary alicyclic amines) is 1. The molecule has 0 aromatic heterocycles. The summed E-state index contributed by atoms with van der Waals surface area (Å²) in [5.41, 5.74) is 1.17. The average molecular weight is 430 g/mol. The van der Waals surface area contributed by atoms with Crippen LogP contribution in [0.25, 0.3) is 0 Å². The third-order valence-corrected chi connectivity index (χ3v) is 7.34. The molecule has 7 nitrogen and oxygen atoms in total. The van der Waals surface area contributed by atoms with E-state index in [0.29, 0.717) is 17.0 Å². The first kappa shape index (κ1) is 20.7. The van der Waals surface area contributed by atoms with Crippen molar-refractivity contribution in [1.82, 2.24) is 10.2 Å². The number of hydrogen-bond acceptors (Lipinski definition) is 5. The molecule has 1 amide bonds. The number of fused-ring (bicyclic) bond motifs is 1. The highest BCUT2D eigenvalue weighted by atomic mass is 32.2. The lowest BCUT2D eigenvalue weighted by atomic mass is 10.1. The van der Waals surface area contributed by atoms with E-state index in [1.807, 2.05) is 18.2 Å². The number of piperidine rings is 1. The molecule has 0 radical (unpaired) electrons. The number of benzene rings is 2. The highest BCUT2D eigenvalue weighted by Gasteiger charge is 2.37. The SMILES string of the molecule is CN1CCC(NC(=O)C2CN(S(=O)(=O)Cc3ccccc3)c3ccccc3O2)CC1. The van der Waals surface area contributed by atoms with Crippen molar-refractivity contribution in [2.24, 2.45) is 0 Å². The molecule has 1 saturated heterocycles. The topological polar surface area (TPSA) is 79.0 Å². The van der Waals surface area contributed by atoms with E-state index < -0.39 is 16.1 Å². The minimum atomic E-state index is -3.69. The molecule has 1 fully saturated rings. The summed E-state index contributed by atoms with van der Waals surface area (Å²) in [7, 11) is -1.63. The summed E-state index contributed by atoms with van der Waals surface area (Å²) >= 11 is 0. The first-order chi connectivity index (χ1) is 14.4. The van der Waals surface area contributed by atoms with Crippen molar-refractivity contribution in [3.8, 4) is 5.75 Å². The van der Waals surface area contributed by atoms with Gasteiger partial charge in [0, 0.05) is 6.04 Å². The quantitative estimate of drug-likeness (QED) is 0.787. The molecule has 0 saturated carbocycles. The summed E-state index contributed by atoms with van der Waals surface area (Å²) in [5.74, 6) is 0.00810. The van der Waals surface area contributed by atoms with Crippen LogP contribution in [-0.2, 0) is 20.6 Å². The monoisotopic (exact) mass is 429 g/mol. The van der Waals surface area contributed by atoms with Gasteiger partial charge in [-0.2, -0.15) is 0 Å².